The molecule has 0 radical (unpaired) electrons. The molecule has 0 bridgehead atoms. The van der Waals surface area contributed by atoms with Crippen molar-refractivity contribution in [3.63, 3.8) is 0 Å². The summed E-state index contributed by atoms with van der Waals surface area (Å²) in [5.41, 5.74) is 3.09. The van der Waals surface area contributed by atoms with Gasteiger partial charge in [0.2, 0.25) is 0 Å². The van der Waals surface area contributed by atoms with Gasteiger partial charge in [-0.1, -0.05) is 36.1 Å². The maximum Gasteiger partial charge on any atom is 0.251 e. The van der Waals surface area contributed by atoms with Gasteiger partial charge in [0.05, 0.1) is 11.3 Å². The predicted octanol–water partition coefficient (Wildman–Crippen LogP) is 4.78. The van der Waals surface area contributed by atoms with Gasteiger partial charge >= 0.3 is 0 Å². The minimum atomic E-state index is -0.0997. The number of allylic oxidation sites excluding steroid dienone is 1. The van der Waals surface area contributed by atoms with Crippen molar-refractivity contribution in [3.05, 3.63) is 96.0 Å². The zero-order valence-electron chi connectivity index (χ0n) is 17.7. The van der Waals surface area contributed by atoms with E-state index >= 15 is 0 Å². The summed E-state index contributed by atoms with van der Waals surface area (Å²) in [6.45, 7) is 2.56. The van der Waals surface area contributed by atoms with E-state index in [0.717, 1.165) is 36.1 Å². The number of aromatic nitrogens is 2. The predicted molar refractivity (Wildman–Crippen MR) is 125 cm³/mol. The second-order valence-electron chi connectivity index (χ2n) is 6.86. The third kappa shape index (κ3) is 6.83. The molecule has 3 rings (SSSR count). The first-order valence-electron chi connectivity index (χ1n) is 10.4. The van der Waals surface area contributed by atoms with Crippen molar-refractivity contribution in [1.82, 2.24) is 15.1 Å². The third-order valence-corrected chi connectivity index (χ3v) is 4.51. The normalized spacial score (nSPS) is 10.9. The number of unbranched alkanes of at least 4 members (excludes halogenated alkanes) is 2. The minimum Gasteiger partial charge on any atom is -0.352 e. The molecule has 0 aliphatic rings. The highest BCUT2D eigenvalue weighted by atomic mass is 16.1. The van der Waals surface area contributed by atoms with Crippen LogP contribution in [-0.4, -0.2) is 28.4 Å². The summed E-state index contributed by atoms with van der Waals surface area (Å²) < 4.78 is 1.76. The second-order valence-corrected chi connectivity index (χ2v) is 6.86. The maximum absolute atomic E-state index is 12.6. The summed E-state index contributed by atoms with van der Waals surface area (Å²) >= 11 is 0. The highest BCUT2D eigenvalue weighted by molar-refractivity contribution is 5.95. The van der Waals surface area contributed by atoms with Gasteiger partial charge in [-0.25, -0.2) is 4.68 Å². The molecule has 5 nitrogen and oxygen atoms in total. The topological polar surface area (TPSA) is 59.3 Å². The SMILES string of the molecule is C/C=C\N=CCCCCNC(=O)c1ccc(-n2cccn2)c(C#Cc2ccccc2)c1. The van der Waals surface area contributed by atoms with E-state index in [1.54, 1.807) is 17.1 Å². The fraction of sp³-hybridized carbons (Fsp3) is 0.192. The second kappa shape index (κ2) is 11.9. The van der Waals surface area contributed by atoms with Crippen LogP contribution in [0.5, 0.6) is 0 Å². The molecule has 0 saturated heterocycles. The van der Waals surface area contributed by atoms with Crippen molar-refractivity contribution in [3.8, 4) is 17.5 Å². The van der Waals surface area contributed by atoms with E-state index in [9.17, 15) is 4.79 Å². The summed E-state index contributed by atoms with van der Waals surface area (Å²) in [6, 6.07) is 17.2. The molecule has 1 amide bonds. The molecule has 0 atom stereocenters. The largest absolute Gasteiger partial charge is 0.352 e. The van der Waals surface area contributed by atoms with Crippen molar-refractivity contribution in [1.29, 1.82) is 0 Å². The van der Waals surface area contributed by atoms with Gasteiger partial charge in [-0.05, 0) is 62.6 Å². The van der Waals surface area contributed by atoms with Crippen LogP contribution in [0.1, 0.15) is 47.7 Å². The lowest BCUT2D eigenvalue weighted by molar-refractivity contribution is 0.0953. The molecule has 31 heavy (non-hydrogen) atoms. The molecule has 156 valence electrons. The monoisotopic (exact) mass is 410 g/mol. The lowest BCUT2D eigenvalue weighted by atomic mass is 10.1. The van der Waals surface area contributed by atoms with Crippen molar-refractivity contribution in [2.75, 3.05) is 6.54 Å². The fourth-order valence-corrected chi connectivity index (χ4v) is 2.94. The van der Waals surface area contributed by atoms with Gasteiger partial charge in [-0.15, -0.1) is 0 Å². The van der Waals surface area contributed by atoms with Crippen LogP contribution in [0, 0.1) is 11.8 Å². The van der Waals surface area contributed by atoms with E-state index in [4.69, 9.17) is 0 Å². The van der Waals surface area contributed by atoms with Gasteiger partial charge < -0.3 is 5.32 Å². The Morgan fingerprint density at radius 2 is 2.00 bits per heavy atom. The van der Waals surface area contributed by atoms with Crippen LogP contribution in [-0.2, 0) is 0 Å². The van der Waals surface area contributed by atoms with E-state index in [0.29, 0.717) is 12.1 Å². The van der Waals surface area contributed by atoms with Crippen molar-refractivity contribution < 1.29 is 4.79 Å². The molecule has 0 aliphatic carbocycles. The first-order valence-corrected chi connectivity index (χ1v) is 10.4. The number of rotatable bonds is 8. The standard InChI is InChI=1S/C26H26N4O/c1-2-16-27-17-7-4-8-18-28-26(31)24-14-15-25(30-20-9-19-29-30)23(21-24)13-12-22-10-5-3-6-11-22/h2-3,5-6,9-11,14-17,19-21H,4,7-8,18H2,1H3,(H,28,31)/b16-2-,27-17?. The number of hydrogen-bond acceptors (Lipinski definition) is 3. The molecule has 5 heteroatoms. The van der Waals surface area contributed by atoms with E-state index in [2.05, 4.69) is 27.2 Å². The Hall–Kier alpha value is -3.91. The molecule has 0 unspecified atom stereocenters. The third-order valence-electron chi connectivity index (χ3n) is 4.51. The van der Waals surface area contributed by atoms with E-state index in [1.165, 1.54) is 0 Å². The average Bonchev–Trinajstić information content (AvgIpc) is 3.34. The summed E-state index contributed by atoms with van der Waals surface area (Å²) in [7, 11) is 0. The Labute approximate surface area is 183 Å². The molecule has 0 fully saturated rings. The number of hydrogen-bond donors (Lipinski definition) is 1. The van der Waals surface area contributed by atoms with Gasteiger partial charge in [0.15, 0.2) is 0 Å². The molecular formula is C26H26N4O. The molecule has 1 aromatic heterocycles. The molecule has 1 N–H and O–H groups in total. The fourth-order valence-electron chi connectivity index (χ4n) is 2.94. The number of benzene rings is 2. The Morgan fingerprint density at radius 3 is 2.77 bits per heavy atom. The average molecular weight is 411 g/mol. The van der Waals surface area contributed by atoms with Crippen LogP contribution < -0.4 is 5.32 Å². The summed E-state index contributed by atoms with van der Waals surface area (Å²) in [4.78, 5) is 16.8. The number of aliphatic imine (C=N–C) groups is 1. The van der Waals surface area contributed by atoms with E-state index in [1.807, 2.05) is 80.0 Å². The molecule has 2 aromatic carbocycles. The first-order chi connectivity index (χ1) is 15.3. The molecular weight excluding hydrogens is 384 g/mol. The minimum absolute atomic E-state index is 0.0997. The van der Waals surface area contributed by atoms with Gasteiger partial charge in [0.25, 0.3) is 5.91 Å². The van der Waals surface area contributed by atoms with Crippen LogP contribution in [0.25, 0.3) is 5.69 Å². The Kier molecular flexibility index (Phi) is 8.39. The highest BCUT2D eigenvalue weighted by Crippen LogP contribution is 2.16. The zero-order valence-corrected chi connectivity index (χ0v) is 17.7. The van der Waals surface area contributed by atoms with Crippen LogP contribution in [0.3, 0.4) is 0 Å². The number of carbonyl (C=O) groups is 1. The Morgan fingerprint density at radius 1 is 1.13 bits per heavy atom. The Bertz CT molecular complexity index is 1090. The smallest absolute Gasteiger partial charge is 0.251 e. The summed E-state index contributed by atoms with van der Waals surface area (Å²) in [5.74, 6) is 6.27. The molecule has 0 aliphatic heterocycles. The maximum atomic E-state index is 12.6. The lowest BCUT2D eigenvalue weighted by Crippen LogP contribution is -2.24. The van der Waals surface area contributed by atoms with Crippen molar-refractivity contribution >= 4 is 12.1 Å². The molecule has 1 heterocycles. The first kappa shape index (κ1) is 21.8. The van der Waals surface area contributed by atoms with Crippen LogP contribution >= 0.6 is 0 Å². The van der Waals surface area contributed by atoms with Crippen LogP contribution in [0.4, 0.5) is 0 Å². The van der Waals surface area contributed by atoms with Crippen LogP contribution in [0.2, 0.25) is 0 Å². The summed E-state index contributed by atoms with van der Waals surface area (Å²) in [6.07, 6.45) is 11.9. The van der Waals surface area contributed by atoms with Gasteiger partial charge in [-0.2, -0.15) is 5.10 Å². The van der Waals surface area contributed by atoms with E-state index < -0.39 is 0 Å². The number of carbonyl (C=O) groups excluding carboxylic acids is 1. The molecule has 0 saturated carbocycles. The Balaban J connectivity index is 1.69. The quantitative estimate of drug-likeness (QED) is 0.330. The van der Waals surface area contributed by atoms with Crippen molar-refractivity contribution in [2.24, 2.45) is 4.99 Å². The van der Waals surface area contributed by atoms with Gasteiger partial charge in [0, 0.05) is 42.5 Å². The van der Waals surface area contributed by atoms with Gasteiger partial charge in [0.1, 0.15) is 0 Å². The van der Waals surface area contributed by atoms with E-state index in [-0.39, 0.29) is 5.91 Å². The molecule has 3 aromatic rings. The van der Waals surface area contributed by atoms with Crippen molar-refractivity contribution in [2.45, 2.75) is 26.2 Å². The summed E-state index contributed by atoms with van der Waals surface area (Å²) in [5, 5.41) is 7.30. The molecule has 0 spiro atoms. The highest BCUT2D eigenvalue weighted by Gasteiger charge is 2.10. The number of amides is 1. The number of nitrogens with zero attached hydrogens (tertiary/aromatic N) is 3. The zero-order chi connectivity index (χ0) is 21.7. The number of nitrogens with one attached hydrogen (secondary N) is 1. The van der Waals surface area contributed by atoms with Gasteiger partial charge in [-0.3, -0.25) is 9.79 Å². The van der Waals surface area contributed by atoms with Crippen LogP contribution in [0.15, 0.2) is 84.3 Å². The lowest BCUT2D eigenvalue weighted by Gasteiger charge is -2.09.